The molecule has 0 bridgehead atoms. The Balaban J connectivity index is 1.95. The molecule has 1 aromatic carbocycles. The molecule has 0 N–H and O–H groups in total. The van der Waals surface area contributed by atoms with Gasteiger partial charge < -0.3 is 9.64 Å². The van der Waals surface area contributed by atoms with E-state index in [0.717, 1.165) is 31.8 Å². The molecule has 1 heterocycles. The molecule has 1 aliphatic rings. The van der Waals surface area contributed by atoms with Gasteiger partial charge in [-0.3, -0.25) is 9.69 Å². The highest BCUT2D eigenvalue weighted by molar-refractivity contribution is 7.93. The molecule has 6 nitrogen and oxygen atoms in total. The molecule has 1 fully saturated rings. The first kappa shape index (κ1) is 20.7. The van der Waals surface area contributed by atoms with Crippen LogP contribution in [0.25, 0.3) is 0 Å². The van der Waals surface area contributed by atoms with E-state index in [2.05, 4.69) is 4.90 Å². The second-order valence-electron chi connectivity index (χ2n) is 7.08. The van der Waals surface area contributed by atoms with Crippen molar-refractivity contribution in [3.8, 4) is 5.75 Å². The molecule has 7 heteroatoms. The van der Waals surface area contributed by atoms with Crippen LogP contribution >= 0.6 is 0 Å². The lowest BCUT2D eigenvalue weighted by molar-refractivity contribution is -0.130. The minimum absolute atomic E-state index is 0.273. The van der Waals surface area contributed by atoms with Crippen LogP contribution in [0.4, 0.5) is 0 Å². The predicted octanol–water partition coefficient (Wildman–Crippen LogP) is 1.94. The lowest BCUT2D eigenvalue weighted by atomic mass is 10.2. The van der Waals surface area contributed by atoms with Crippen molar-refractivity contribution >= 4 is 15.7 Å². The Morgan fingerprint density at radius 2 is 1.73 bits per heavy atom. The fourth-order valence-corrected chi connectivity index (χ4v) is 4.39. The third-order valence-electron chi connectivity index (χ3n) is 4.96. The molecule has 2 rings (SSSR count). The van der Waals surface area contributed by atoms with Crippen LogP contribution in [-0.4, -0.2) is 67.9 Å². The summed E-state index contributed by atoms with van der Waals surface area (Å²) in [5, 5.41) is -1.52. The number of hydrogen-bond donors (Lipinski definition) is 0. The SMILES string of the molecule is COc1ccc(CN2CCCN(C(=O)C(C)S(=O)(=O)C(C)C)CC2)cc1. The number of carbonyl (C=O) groups is 1. The van der Waals surface area contributed by atoms with Gasteiger partial charge in [0.1, 0.15) is 11.0 Å². The third-order valence-corrected chi connectivity index (χ3v) is 7.46. The summed E-state index contributed by atoms with van der Waals surface area (Å²) in [5.41, 5.74) is 1.20. The fraction of sp³-hybridized carbons (Fsp3) is 0.632. The zero-order valence-corrected chi connectivity index (χ0v) is 17.0. The average molecular weight is 383 g/mol. The monoisotopic (exact) mass is 382 g/mol. The van der Waals surface area contributed by atoms with Gasteiger partial charge in [0.05, 0.1) is 12.4 Å². The van der Waals surface area contributed by atoms with Crippen molar-refractivity contribution < 1.29 is 17.9 Å². The van der Waals surface area contributed by atoms with Gasteiger partial charge in [0, 0.05) is 32.7 Å². The van der Waals surface area contributed by atoms with Crippen molar-refractivity contribution in [1.82, 2.24) is 9.80 Å². The van der Waals surface area contributed by atoms with E-state index in [9.17, 15) is 13.2 Å². The zero-order valence-electron chi connectivity index (χ0n) is 16.1. The van der Waals surface area contributed by atoms with Gasteiger partial charge in [-0.15, -0.1) is 0 Å². The van der Waals surface area contributed by atoms with Crippen LogP contribution in [-0.2, 0) is 21.2 Å². The standard InChI is InChI=1S/C19H30N2O4S/c1-15(2)26(23,24)16(3)19(22)21-11-5-10-20(12-13-21)14-17-6-8-18(25-4)9-7-17/h6-9,15-16H,5,10-14H2,1-4H3. The van der Waals surface area contributed by atoms with E-state index >= 15 is 0 Å². The highest BCUT2D eigenvalue weighted by Crippen LogP contribution is 2.16. The lowest BCUT2D eigenvalue weighted by Gasteiger charge is -2.25. The molecule has 1 unspecified atom stereocenters. The van der Waals surface area contributed by atoms with Crippen LogP contribution in [0.1, 0.15) is 32.8 Å². The van der Waals surface area contributed by atoms with E-state index in [1.807, 2.05) is 24.3 Å². The molecule has 26 heavy (non-hydrogen) atoms. The largest absolute Gasteiger partial charge is 0.497 e. The summed E-state index contributed by atoms with van der Waals surface area (Å²) in [6.45, 7) is 8.37. The van der Waals surface area contributed by atoms with Gasteiger partial charge in [-0.25, -0.2) is 8.42 Å². The number of hydrogen-bond acceptors (Lipinski definition) is 5. The first-order chi connectivity index (χ1) is 12.3. The van der Waals surface area contributed by atoms with Crippen molar-refractivity contribution in [1.29, 1.82) is 0 Å². The van der Waals surface area contributed by atoms with Crippen LogP contribution < -0.4 is 4.74 Å². The maximum Gasteiger partial charge on any atom is 0.240 e. The Hall–Kier alpha value is -1.60. The number of sulfone groups is 1. The Labute approximate surface area is 157 Å². The Bertz CT molecular complexity index is 701. The van der Waals surface area contributed by atoms with E-state index in [1.165, 1.54) is 12.5 Å². The molecule has 0 spiro atoms. The summed E-state index contributed by atoms with van der Waals surface area (Å²) in [6, 6.07) is 7.98. The van der Waals surface area contributed by atoms with Crippen LogP contribution in [0.3, 0.4) is 0 Å². The van der Waals surface area contributed by atoms with Crippen molar-refractivity contribution in [3.05, 3.63) is 29.8 Å². The molecule has 1 saturated heterocycles. The van der Waals surface area contributed by atoms with Gasteiger partial charge in [-0.2, -0.15) is 0 Å². The topological polar surface area (TPSA) is 66.9 Å². The van der Waals surface area contributed by atoms with E-state index in [0.29, 0.717) is 13.1 Å². The molecule has 0 saturated carbocycles. The van der Waals surface area contributed by atoms with E-state index in [4.69, 9.17) is 4.74 Å². The summed E-state index contributed by atoms with van der Waals surface area (Å²) < 4.78 is 29.8. The molecule has 1 aliphatic heterocycles. The summed E-state index contributed by atoms with van der Waals surface area (Å²) >= 11 is 0. The maximum absolute atomic E-state index is 12.7. The molecular formula is C19H30N2O4S. The molecule has 1 amide bonds. The number of rotatable bonds is 6. The lowest BCUT2D eigenvalue weighted by Crippen LogP contribution is -2.45. The molecule has 1 atom stereocenters. The zero-order chi connectivity index (χ0) is 19.3. The molecule has 0 aromatic heterocycles. The average Bonchev–Trinajstić information content (AvgIpc) is 2.86. The van der Waals surface area contributed by atoms with Crippen LogP contribution in [0.5, 0.6) is 5.75 Å². The number of carbonyl (C=O) groups excluding carboxylic acids is 1. The van der Waals surface area contributed by atoms with Crippen LogP contribution in [0.15, 0.2) is 24.3 Å². The van der Waals surface area contributed by atoms with Crippen molar-refractivity contribution in [2.24, 2.45) is 0 Å². The number of methoxy groups -OCH3 is 1. The first-order valence-corrected chi connectivity index (χ1v) is 10.7. The Morgan fingerprint density at radius 1 is 1.08 bits per heavy atom. The summed E-state index contributed by atoms with van der Waals surface area (Å²) in [5.74, 6) is 0.562. The Morgan fingerprint density at radius 3 is 2.31 bits per heavy atom. The van der Waals surface area contributed by atoms with Gasteiger partial charge >= 0.3 is 0 Å². The minimum Gasteiger partial charge on any atom is -0.497 e. The molecule has 146 valence electrons. The first-order valence-electron chi connectivity index (χ1n) is 9.12. The summed E-state index contributed by atoms with van der Waals surface area (Å²) in [6.07, 6.45) is 0.844. The molecule has 0 radical (unpaired) electrons. The number of amides is 1. The van der Waals surface area contributed by atoms with Gasteiger partial charge in [-0.05, 0) is 44.9 Å². The van der Waals surface area contributed by atoms with Gasteiger partial charge in [-0.1, -0.05) is 12.1 Å². The highest BCUT2D eigenvalue weighted by atomic mass is 32.2. The molecular weight excluding hydrogens is 352 g/mol. The molecule has 1 aromatic rings. The summed E-state index contributed by atoms with van der Waals surface area (Å²) in [7, 11) is -1.77. The van der Waals surface area contributed by atoms with Crippen molar-refractivity contribution in [3.63, 3.8) is 0 Å². The number of ether oxygens (including phenoxy) is 1. The second-order valence-corrected chi connectivity index (χ2v) is 9.91. The van der Waals surface area contributed by atoms with Gasteiger partial charge in [0.25, 0.3) is 0 Å². The van der Waals surface area contributed by atoms with E-state index in [-0.39, 0.29) is 5.91 Å². The third kappa shape index (κ3) is 4.98. The second kappa shape index (κ2) is 8.86. The minimum atomic E-state index is -3.42. The van der Waals surface area contributed by atoms with E-state index in [1.54, 1.807) is 25.9 Å². The number of benzene rings is 1. The van der Waals surface area contributed by atoms with Crippen molar-refractivity contribution in [2.75, 3.05) is 33.3 Å². The number of nitrogens with zero attached hydrogens (tertiary/aromatic N) is 2. The quantitative estimate of drug-likeness (QED) is 0.752. The smallest absolute Gasteiger partial charge is 0.240 e. The van der Waals surface area contributed by atoms with Crippen molar-refractivity contribution in [2.45, 2.75) is 44.2 Å². The van der Waals surface area contributed by atoms with Gasteiger partial charge in [0.2, 0.25) is 5.91 Å². The molecule has 0 aliphatic carbocycles. The summed E-state index contributed by atoms with van der Waals surface area (Å²) in [4.78, 5) is 16.7. The Kier molecular flexibility index (Phi) is 7.06. The highest BCUT2D eigenvalue weighted by Gasteiger charge is 2.34. The van der Waals surface area contributed by atoms with Crippen LogP contribution in [0, 0.1) is 0 Å². The van der Waals surface area contributed by atoms with Crippen LogP contribution in [0.2, 0.25) is 0 Å². The predicted molar refractivity (Wildman–Crippen MR) is 103 cm³/mol. The fourth-order valence-electron chi connectivity index (χ4n) is 3.14. The van der Waals surface area contributed by atoms with E-state index < -0.39 is 20.3 Å². The maximum atomic E-state index is 12.7. The normalized spacial score (nSPS) is 17.8. The van der Waals surface area contributed by atoms with Gasteiger partial charge in [0.15, 0.2) is 9.84 Å².